The van der Waals surface area contributed by atoms with Crippen LogP contribution >= 0.6 is 0 Å². The van der Waals surface area contributed by atoms with Crippen molar-refractivity contribution in [2.45, 2.75) is 18.0 Å². The molecule has 0 saturated heterocycles. The lowest BCUT2D eigenvalue weighted by molar-refractivity contribution is -0.138. The summed E-state index contributed by atoms with van der Waals surface area (Å²) in [4.78, 5) is -0.563. The van der Waals surface area contributed by atoms with Crippen LogP contribution in [0.4, 0.5) is 13.2 Å². The van der Waals surface area contributed by atoms with Gasteiger partial charge in [-0.25, -0.2) is 26.7 Å². The van der Waals surface area contributed by atoms with Crippen LogP contribution < -0.4 is 9.86 Å². The molecule has 0 aliphatic carbocycles. The molecule has 0 fully saturated rings. The Balaban J connectivity index is 3.10. The Hall–Kier alpha value is -1.17. The number of hydrogen-bond acceptors (Lipinski definition) is 4. The van der Waals surface area contributed by atoms with Crippen LogP contribution in [0.2, 0.25) is 0 Å². The maximum Gasteiger partial charge on any atom is 0.416 e. The minimum absolute atomic E-state index is 0.465. The van der Waals surface area contributed by atoms with Crippen LogP contribution in [-0.2, 0) is 26.2 Å². The lowest BCUT2D eigenvalue weighted by Gasteiger charge is -2.14. The first-order valence-electron chi connectivity index (χ1n) is 5.51. The van der Waals surface area contributed by atoms with Gasteiger partial charge in [-0.3, -0.25) is 0 Å². The standard InChI is InChI=1S/C10H13F3N2O4S2/c1-7-8(10(11,12)13)3-2-4-9(7)21(18,19)15-5-6-20(14,16)17/h2-4,15H,5-6H2,1H3,(H2,14,16,17). The predicted octanol–water partition coefficient (Wildman–Crippen LogP) is 0.581. The Bertz CT molecular complexity index is 727. The van der Waals surface area contributed by atoms with Crippen LogP contribution in [-0.4, -0.2) is 29.1 Å². The van der Waals surface area contributed by atoms with Crippen molar-refractivity contribution in [3.8, 4) is 0 Å². The molecular formula is C10H13F3N2O4S2. The Labute approximate surface area is 120 Å². The maximum absolute atomic E-state index is 12.7. The summed E-state index contributed by atoms with van der Waals surface area (Å²) in [7, 11) is -8.14. The largest absolute Gasteiger partial charge is 0.416 e. The van der Waals surface area contributed by atoms with Gasteiger partial charge >= 0.3 is 6.18 Å². The van der Waals surface area contributed by atoms with E-state index in [0.29, 0.717) is 0 Å². The molecule has 1 aromatic carbocycles. The average Bonchev–Trinajstić information content (AvgIpc) is 2.25. The van der Waals surface area contributed by atoms with Crippen molar-refractivity contribution in [3.05, 3.63) is 29.3 Å². The normalized spacial score (nSPS) is 13.4. The summed E-state index contributed by atoms with van der Waals surface area (Å²) in [6, 6.07) is 2.73. The summed E-state index contributed by atoms with van der Waals surface area (Å²) in [5, 5.41) is 4.70. The molecule has 0 heterocycles. The predicted molar refractivity (Wildman–Crippen MR) is 69.3 cm³/mol. The number of halogens is 3. The van der Waals surface area contributed by atoms with E-state index in [1.165, 1.54) is 0 Å². The van der Waals surface area contributed by atoms with Crippen LogP contribution in [0.1, 0.15) is 11.1 Å². The lowest BCUT2D eigenvalue weighted by atomic mass is 10.1. The van der Waals surface area contributed by atoms with E-state index >= 15 is 0 Å². The topological polar surface area (TPSA) is 106 Å². The fourth-order valence-electron chi connectivity index (χ4n) is 1.61. The molecule has 3 N–H and O–H groups in total. The molecule has 0 spiro atoms. The summed E-state index contributed by atoms with van der Waals surface area (Å²) in [5.41, 5.74) is -1.54. The van der Waals surface area contributed by atoms with Crippen LogP contribution in [0, 0.1) is 6.92 Å². The Kier molecular flexibility index (Phi) is 5.03. The van der Waals surface area contributed by atoms with E-state index in [-0.39, 0.29) is 0 Å². The number of alkyl halides is 3. The number of benzene rings is 1. The third-order valence-corrected chi connectivity index (χ3v) is 4.94. The van der Waals surface area contributed by atoms with Gasteiger partial charge in [0.1, 0.15) is 0 Å². The second kappa shape index (κ2) is 5.91. The quantitative estimate of drug-likeness (QED) is 0.813. The smallest absolute Gasteiger partial charge is 0.229 e. The third-order valence-electron chi connectivity index (χ3n) is 2.56. The molecule has 0 aliphatic rings. The van der Waals surface area contributed by atoms with Gasteiger partial charge in [-0.2, -0.15) is 13.2 Å². The molecule has 1 aromatic rings. The van der Waals surface area contributed by atoms with Crippen molar-refractivity contribution >= 4 is 20.0 Å². The minimum Gasteiger partial charge on any atom is -0.229 e. The Morgan fingerprint density at radius 3 is 2.24 bits per heavy atom. The van der Waals surface area contributed by atoms with E-state index in [2.05, 4.69) is 0 Å². The highest BCUT2D eigenvalue weighted by atomic mass is 32.2. The highest BCUT2D eigenvalue weighted by Gasteiger charge is 2.34. The number of nitrogens with two attached hydrogens (primary N) is 1. The maximum atomic E-state index is 12.7. The van der Waals surface area contributed by atoms with Crippen molar-refractivity contribution in [2.75, 3.05) is 12.3 Å². The summed E-state index contributed by atoms with van der Waals surface area (Å²) in [6.45, 7) is 0.494. The number of primary sulfonamides is 1. The zero-order valence-electron chi connectivity index (χ0n) is 10.8. The molecule has 0 amide bonds. The van der Waals surface area contributed by atoms with Gasteiger partial charge in [-0.05, 0) is 24.6 Å². The molecular weight excluding hydrogens is 333 g/mol. The fourth-order valence-corrected chi connectivity index (χ4v) is 3.42. The number of nitrogens with one attached hydrogen (secondary N) is 1. The summed E-state index contributed by atoms with van der Waals surface area (Å²) >= 11 is 0. The van der Waals surface area contributed by atoms with E-state index in [9.17, 15) is 30.0 Å². The summed E-state index contributed by atoms with van der Waals surface area (Å²) in [5.74, 6) is -0.662. The molecule has 0 atom stereocenters. The third kappa shape index (κ3) is 4.95. The van der Waals surface area contributed by atoms with E-state index in [4.69, 9.17) is 5.14 Å². The van der Waals surface area contributed by atoms with Gasteiger partial charge in [0.25, 0.3) is 0 Å². The number of hydrogen-bond donors (Lipinski definition) is 2. The van der Waals surface area contributed by atoms with Gasteiger partial charge in [0.15, 0.2) is 0 Å². The monoisotopic (exact) mass is 346 g/mol. The lowest BCUT2D eigenvalue weighted by Crippen LogP contribution is -2.32. The molecule has 0 bridgehead atoms. The van der Waals surface area contributed by atoms with Crippen LogP contribution in [0.3, 0.4) is 0 Å². The number of sulfonamides is 2. The first-order chi connectivity index (χ1) is 9.34. The first-order valence-corrected chi connectivity index (χ1v) is 8.71. The van der Waals surface area contributed by atoms with Crippen LogP contribution in [0.25, 0.3) is 0 Å². The van der Waals surface area contributed by atoms with Gasteiger partial charge in [0, 0.05) is 6.54 Å². The molecule has 0 saturated carbocycles. The van der Waals surface area contributed by atoms with E-state index < -0.39 is 54.5 Å². The summed E-state index contributed by atoms with van der Waals surface area (Å²) in [6.07, 6.45) is -4.68. The van der Waals surface area contributed by atoms with Crippen molar-refractivity contribution in [2.24, 2.45) is 5.14 Å². The molecule has 21 heavy (non-hydrogen) atoms. The van der Waals surface area contributed by atoms with Crippen LogP contribution in [0.5, 0.6) is 0 Å². The van der Waals surface area contributed by atoms with Gasteiger partial charge < -0.3 is 0 Å². The molecule has 0 unspecified atom stereocenters. The highest BCUT2D eigenvalue weighted by Crippen LogP contribution is 2.33. The molecule has 120 valence electrons. The van der Waals surface area contributed by atoms with E-state index in [1.54, 1.807) is 0 Å². The van der Waals surface area contributed by atoms with Gasteiger partial charge in [-0.1, -0.05) is 6.07 Å². The molecule has 0 aliphatic heterocycles. The van der Waals surface area contributed by atoms with Crippen molar-refractivity contribution in [1.82, 2.24) is 4.72 Å². The summed E-state index contributed by atoms with van der Waals surface area (Å²) < 4.78 is 85.2. The SMILES string of the molecule is Cc1c(C(F)(F)F)cccc1S(=O)(=O)NCCS(N)(=O)=O. The molecule has 1 rings (SSSR count). The van der Waals surface area contributed by atoms with Crippen molar-refractivity contribution < 1.29 is 30.0 Å². The van der Waals surface area contributed by atoms with Gasteiger partial charge in [0.05, 0.1) is 16.2 Å². The molecule has 6 nitrogen and oxygen atoms in total. The fraction of sp³-hybridized carbons (Fsp3) is 0.400. The Morgan fingerprint density at radius 1 is 1.19 bits per heavy atom. The zero-order valence-corrected chi connectivity index (χ0v) is 12.4. The second-order valence-electron chi connectivity index (χ2n) is 4.19. The number of rotatable bonds is 5. The molecule has 0 radical (unpaired) electrons. The second-order valence-corrected chi connectivity index (χ2v) is 7.66. The first kappa shape index (κ1) is 17.9. The average molecular weight is 346 g/mol. The van der Waals surface area contributed by atoms with Crippen LogP contribution in [0.15, 0.2) is 23.1 Å². The van der Waals surface area contributed by atoms with E-state index in [1.807, 2.05) is 4.72 Å². The minimum atomic E-state index is -4.68. The van der Waals surface area contributed by atoms with Gasteiger partial charge in [-0.15, -0.1) is 0 Å². The van der Waals surface area contributed by atoms with Crippen molar-refractivity contribution in [1.29, 1.82) is 0 Å². The highest BCUT2D eigenvalue weighted by molar-refractivity contribution is 7.90. The van der Waals surface area contributed by atoms with E-state index in [0.717, 1.165) is 25.1 Å². The zero-order chi connectivity index (χ0) is 16.5. The Morgan fingerprint density at radius 2 is 1.76 bits per heavy atom. The molecule has 0 aromatic heterocycles. The van der Waals surface area contributed by atoms with Crippen molar-refractivity contribution in [3.63, 3.8) is 0 Å². The molecule has 11 heteroatoms. The van der Waals surface area contributed by atoms with Gasteiger partial charge in [0.2, 0.25) is 20.0 Å².